The van der Waals surface area contributed by atoms with Gasteiger partial charge in [-0.15, -0.1) is 0 Å². The summed E-state index contributed by atoms with van der Waals surface area (Å²) < 4.78 is 30.5. The zero-order valence-corrected chi connectivity index (χ0v) is 21.2. The highest BCUT2D eigenvalue weighted by atomic mass is 79.9. The van der Waals surface area contributed by atoms with Crippen LogP contribution in [-0.2, 0) is 20.9 Å². The lowest BCUT2D eigenvalue weighted by atomic mass is 10.1. The van der Waals surface area contributed by atoms with Gasteiger partial charge < -0.3 is 19.1 Å². The fourth-order valence-electron chi connectivity index (χ4n) is 3.58. The van der Waals surface area contributed by atoms with Crippen molar-refractivity contribution < 1.29 is 33.0 Å². The quantitative estimate of drug-likeness (QED) is 0.468. The lowest BCUT2D eigenvalue weighted by Crippen LogP contribution is -2.46. The van der Waals surface area contributed by atoms with Gasteiger partial charge in [-0.1, -0.05) is 12.1 Å². The van der Waals surface area contributed by atoms with Gasteiger partial charge in [-0.2, -0.15) is 0 Å². The van der Waals surface area contributed by atoms with Gasteiger partial charge in [-0.25, -0.2) is 4.39 Å². The van der Waals surface area contributed by atoms with Crippen LogP contribution < -0.4 is 9.47 Å². The molecule has 2 saturated heterocycles. The third-order valence-corrected chi connectivity index (χ3v) is 6.85. The Labute approximate surface area is 214 Å². The second kappa shape index (κ2) is 11.2. The van der Waals surface area contributed by atoms with E-state index < -0.39 is 11.1 Å². The molecule has 0 unspecified atom stereocenters. The Morgan fingerprint density at radius 1 is 1.23 bits per heavy atom. The first kappa shape index (κ1) is 25.2. The lowest BCUT2D eigenvalue weighted by Gasteiger charge is -2.28. The van der Waals surface area contributed by atoms with Gasteiger partial charge >= 0.3 is 0 Å². The summed E-state index contributed by atoms with van der Waals surface area (Å²) in [5.41, 5.74) is 1.25. The average molecular weight is 565 g/mol. The van der Waals surface area contributed by atoms with Gasteiger partial charge in [-0.05, 0) is 69.2 Å². The number of carbonyl (C=O) groups excluding carboxylic acids is 3. The number of methoxy groups -OCH3 is 1. The zero-order chi connectivity index (χ0) is 24.9. The minimum Gasteiger partial charge on any atom is -0.493 e. The normalized spacial score (nSPS) is 17.3. The summed E-state index contributed by atoms with van der Waals surface area (Å²) >= 11 is 4.23. The number of imide groups is 1. The van der Waals surface area contributed by atoms with Gasteiger partial charge in [0.15, 0.2) is 11.5 Å². The number of hydrogen-bond acceptors (Lipinski definition) is 7. The molecule has 8 nitrogen and oxygen atoms in total. The van der Waals surface area contributed by atoms with Crippen LogP contribution in [0, 0.1) is 5.82 Å². The second-order valence-corrected chi connectivity index (χ2v) is 9.56. The number of ether oxygens (including phenoxy) is 3. The molecule has 2 aliphatic heterocycles. The average Bonchev–Trinajstić information content (AvgIpc) is 3.10. The smallest absolute Gasteiger partial charge is 0.294 e. The molecule has 0 aromatic heterocycles. The predicted octanol–water partition coefficient (Wildman–Crippen LogP) is 4.07. The molecule has 2 aliphatic rings. The van der Waals surface area contributed by atoms with Crippen molar-refractivity contribution in [2.45, 2.75) is 6.61 Å². The summed E-state index contributed by atoms with van der Waals surface area (Å²) in [5.74, 6) is -0.362. The summed E-state index contributed by atoms with van der Waals surface area (Å²) in [5, 5.41) is -0.496. The number of rotatable bonds is 7. The molecule has 3 amide bonds. The highest BCUT2D eigenvalue weighted by molar-refractivity contribution is 9.10. The molecule has 2 aromatic rings. The van der Waals surface area contributed by atoms with Crippen molar-refractivity contribution in [1.82, 2.24) is 9.80 Å². The van der Waals surface area contributed by atoms with Crippen LogP contribution in [0.3, 0.4) is 0 Å². The number of halogens is 2. The first-order valence-corrected chi connectivity index (χ1v) is 12.3. The monoisotopic (exact) mass is 564 g/mol. The standard InChI is InChI=1S/C24H22BrFN2O6S/c1-32-19-11-16(10-18(25)22(19)34-14-15-3-2-4-17(26)9-15)12-20-23(30)28(24(31)35-20)13-21(29)27-5-7-33-8-6-27/h2-4,9-12H,5-8,13-14H2,1H3/b20-12-. The number of benzene rings is 2. The van der Waals surface area contributed by atoms with Gasteiger partial charge in [0, 0.05) is 13.1 Å². The maximum atomic E-state index is 13.4. The number of hydrogen-bond donors (Lipinski definition) is 0. The maximum absolute atomic E-state index is 13.4. The van der Waals surface area contributed by atoms with E-state index in [1.54, 1.807) is 35.2 Å². The third kappa shape index (κ3) is 6.03. The third-order valence-electron chi connectivity index (χ3n) is 5.35. The van der Waals surface area contributed by atoms with Crippen molar-refractivity contribution in [3.05, 3.63) is 62.7 Å². The van der Waals surface area contributed by atoms with E-state index in [9.17, 15) is 18.8 Å². The molecule has 2 heterocycles. The zero-order valence-electron chi connectivity index (χ0n) is 18.8. The Balaban J connectivity index is 1.48. The molecule has 0 N–H and O–H groups in total. The molecule has 0 saturated carbocycles. The van der Waals surface area contributed by atoms with Crippen molar-refractivity contribution in [3.63, 3.8) is 0 Å². The molecule has 0 spiro atoms. The molecule has 11 heteroatoms. The molecule has 4 rings (SSSR count). The van der Waals surface area contributed by atoms with Crippen LogP contribution in [0.15, 0.2) is 45.8 Å². The topological polar surface area (TPSA) is 85.4 Å². The molecule has 35 heavy (non-hydrogen) atoms. The van der Waals surface area contributed by atoms with Crippen LogP contribution in [0.2, 0.25) is 0 Å². The van der Waals surface area contributed by atoms with E-state index >= 15 is 0 Å². The SMILES string of the molecule is COc1cc(/C=C2\SC(=O)N(CC(=O)N3CCOCC3)C2=O)cc(Br)c1OCc1cccc(F)c1. The van der Waals surface area contributed by atoms with Crippen molar-refractivity contribution in [2.75, 3.05) is 40.0 Å². The minimum atomic E-state index is -0.525. The van der Waals surface area contributed by atoms with Crippen molar-refractivity contribution in [2.24, 2.45) is 0 Å². The molecule has 0 radical (unpaired) electrons. The Morgan fingerprint density at radius 3 is 2.71 bits per heavy atom. The Hall–Kier alpha value is -2.89. The van der Waals surface area contributed by atoms with Crippen LogP contribution >= 0.6 is 27.7 Å². The number of thioether (sulfide) groups is 1. The summed E-state index contributed by atoms with van der Waals surface area (Å²) in [6.07, 6.45) is 1.56. The molecule has 2 aromatic carbocycles. The number of carbonyl (C=O) groups is 3. The maximum Gasteiger partial charge on any atom is 0.294 e. The van der Waals surface area contributed by atoms with Crippen molar-refractivity contribution in [3.8, 4) is 11.5 Å². The van der Waals surface area contributed by atoms with E-state index in [-0.39, 0.29) is 29.8 Å². The molecular weight excluding hydrogens is 543 g/mol. The molecule has 0 atom stereocenters. The highest BCUT2D eigenvalue weighted by Gasteiger charge is 2.37. The van der Waals surface area contributed by atoms with E-state index in [0.717, 1.165) is 16.7 Å². The van der Waals surface area contributed by atoms with Crippen molar-refractivity contribution >= 4 is 50.8 Å². The summed E-state index contributed by atoms with van der Waals surface area (Å²) in [4.78, 5) is 40.5. The fourth-order valence-corrected chi connectivity index (χ4v) is 4.99. The van der Waals surface area contributed by atoms with E-state index in [4.69, 9.17) is 14.2 Å². The second-order valence-electron chi connectivity index (χ2n) is 7.71. The van der Waals surface area contributed by atoms with Crippen LogP contribution in [0.25, 0.3) is 6.08 Å². The number of amides is 3. The van der Waals surface area contributed by atoms with E-state index in [1.165, 1.54) is 19.2 Å². The molecule has 0 aliphatic carbocycles. The Morgan fingerprint density at radius 2 is 2.00 bits per heavy atom. The van der Waals surface area contributed by atoms with Crippen molar-refractivity contribution in [1.29, 1.82) is 0 Å². The first-order chi connectivity index (χ1) is 16.9. The lowest BCUT2D eigenvalue weighted by molar-refractivity contribution is -0.139. The minimum absolute atomic E-state index is 0.127. The fraction of sp³-hybridized carbons (Fsp3) is 0.292. The van der Waals surface area contributed by atoms with Gasteiger partial charge in [0.2, 0.25) is 5.91 Å². The van der Waals surface area contributed by atoms with E-state index in [0.29, 0.717) is 53.4 Å². The predicted molar refractivity (Wildman–Crippen MR) is 132 cm³/mol. The van der Waals surface area contributed by atoms with Gasteiger partial charge in [-0.3, -0.25) is 19.3 Å². The molecule has 0 bridgehead atoms. The van der Waals surface area contributed by atoms with Crippen LogP contribution in [0.4, 0.5) is 9.18 Å². The van der Waals surface area contributed by atoms with E-state index in [2.05, 4.69) is 15.9 Å². The first-order valence-electron chi connectivity index (χ1n) is 10.7. The molecule has 2 fully saturated rings. The van der Waals surface area contributed by atoms with Crippen LogP contribution in [0.1, 0.15) is 11.1 Å². The largest absolute Gasteiger partial charge is 0.493 e. The number of morpholine rings is 1. The van der Waals surface area contributed by atoms with Crippen LogP contribution in [0.5, 0.6) is 11.5 Å². The summed E-state index contributed by atoms with van der Waals surface area (Å²) in [6, 6.07) is 9.47. The Bertz CT molecular complexity index is 1180. The van der Waals surface area contributed by atoms with Gasteiger partial charge in [0.05, 0.1) is 29.7 Å². The van der Waals surface area contributed by atoms with Crippen LogP contribution in [-0.4, -0.2) is 66.8 Å². The Kier molecular flexibility index (Phi) is 8.09. The summed E-state index contributed by atoms with van der Waals surface area (Å²) in [6.45, 7) is 1.57. The highest BCUT2D eigenvalue weighted by Crippen LogP contribution is 2.39. The van der Waals surface area contributed by atoms with Gasteiger partial charge in [0.1, 0.15) is 19.0 Å². The molecular formula is C24H22BrFN2O6S. The number of nitrogens with zero attached hydrogens (tertiary/aromatic N) is 2. The summed E-state index contributed by atoms with van der Waals surface area (Å²) in [7, 11) is 1.48. The van der Waals surface area contributed by atoms with Gasteiger partial charge in [0.25, 0.3) is 11.1 Å². The van der Waals surface area contributed by atoms with E-state index in [1.807, 2.05) is 0 Å². The molecule has 184 valence electrons.